The third kappa shape index (κ3) is 8.05. The van der Waals surface area contributed by atoms with E-state index in [0.29, 0.717) is 49.9 Å². The molecule has 0 bridgehead atoms. The van der Waals surface area contributed by atoms with Gasteiger partial charge in [0.25, 0.3) is 0 Å². The van der Waals surface area contributed by atoms with E-state index in [2.05, 4.69) is 12.2 Å². The molecule has 0 aliphatic carbocycles. The third-order valence-corrected chi connectivity index (χ3v) is 6.87. The van der Waals surface area contributed by atoms with Gasteiger partial charge in [0, 0.05) is 13.1 Å². The maximum absolute atomic E-state index is 13.8. The maximum atomic E-state index is 13.8. The summed E-state index contributed by atoms with van der Waals surface area (Å²) in [7, 11) is 0. The van der Waals surface area contributed by atoms with E-state index in [0.717, 1.165) is 36.6 Å². The molecule has 1 N–H and O–H groups in total. The molecule has 0 aromatic heterocycles. The minimum atomic E-state index is -0.420. The minimum absolute atomic E-state index is 0.0103. The van der Waals surface area contributed by atoms with Gasteiger partial charge in [-0.2, -0.15) is 0 Å². The number of halogens is 2. The summed E-state index contributed by atoms with van der Waals surface area (Å²) in [6, 6.07) is 11.1. The maximum Gasteiger partial charge on any atom is 0.239 e. The number of ether oxygens (including phenoxy) is 1. The van der Waals surface area contributed by atoms with E-state index in [1.807, 2.05) is 38.1 Å². The van der Waals surface area contributed by atoms with E-state index in [-0.39, 0.29) is 23.6 Å². The molecule has 0 radical (unpaired) electrons. The fourth-order valence-corrected chi connectivity index (χ4v) is 4.37. The van der Waals surface area contributed by atoms with E-state index in [4.69, 9.17) is 4.74 Å². The molecule has 3 rings (SSSR count). The molecule has 1 heterocycles. The van der Waals surface area contributed by atoms with Crippen LogP contribution in [0.4, 0.5) is 13.6 Å². The van der Waals surface area contributed by atoms with Gasteiger partial charge in [-0.25, -0.2) is 8.78 Å². The Morgan fingerprint density at radius 1 is 1.09 bits per heavy atom. The third-order valence-electron chi connectivity index (χ3n) is 6.87. The predicted molar refractivity (Wildman–Crippen MR) is 136 cm³/mol. The number of carbonyl (C=O) groups excluding carboxylic acids is 1. The number of hydrogen-bond donors (Lipinski definition) is 1. The molecular weight excluding hydrogens is 448 g/mol. The van der Waals surface area contributed by atoms with Gasteiger partial charge in [-0.05, 0) is 91.3 Å². The average molecular weight is 485 g/mol. The van der Waals surface area contributed by atoms with Crippen molar-refractivity contribution in [2.24, 2.45) is 17.8 Å². The van der Waals surface area contributed by atoms with Crippen molar-refractivity contribution in [2.75, 3.05) is 19.7 Å². The van der Waals surface area contributed by atoms with E-state index in [1.165, 1.54) is 12.1 Å². The Kier molecular flexibility index (Phi) is 9.64. The summed E-state index contributed by atoms with van der Waals surface area (Å²) >= 11 is 0. The van der Waals surface area contributed by atoms with Crippen LogP contribution in [0.1, 0.15) is 51.2 Å². The van der Waals surface area contributed by atoms with Crippen LogP contribution in [-0.4, -0.2) is 36.5 Å². The smallest absolute Gasteiger partial charge is 0.239 e. The van der Waals surface area contributed by atoms with Crippen molar-refractivity contribution >= 4 is 11.9 Å². The van der Waals surface area contributed by atoms with Crippen LogP contribution in [0.25, 0.3) is 5.41 Å². The summed E-state index contributed by atoms with van der Waals surface area (Å²) in [5, 5.41) is 12.4. The van der Waals surface area contributed by atoms with Crippen LogP contribution < -0.4 is 10.1 Å². The van der Waals surface area contributed by atoms with Crippen LogP contribution >= 0.6 is 0 Å². The Balaban J connectivity index is 1.36. The molecule has 2 aromatic rings. The summed E-state index contributed by atoms with van der Waals surface area (Å²) in [4.78, 5) is 14.0. The van der Waals surface area contributed by atoms with Crippen molar-refractivity contribution in [3.63, 3.8) is 0 Å². The number of piperidine rings is 1. The highest BCUT2D eigenvalue weighted by molar-refractivity contribution is 6.00. The highest BCUT2D eigenvalue weighted by Gasteiger charge is 2.25. The van der Waals surface area contributed by atoms with Gasteiger partial charge >= 0.3 is 0 Å². The molecule has 1 fully saturated rings. The molecule has 190 valence electrons. The van der Waals surface area contributed by atoms with Gasteiger partial charge in [0.2, 0.25) is 6.03 Å². The van der Waals surface area contributed by atoms with Gasteiger partial charge in [-0.1, -0.05) is 38.7 Å². The molecule has 0 unspecified atom stereocenters. The molecule has 0 spiro atoms. The Morgan fingerprint density at radius 3 is 2.43 bits per heavy atom. The lowest BCUT2D eigenvalue weighted by Gasteiger charge is -2.37. The standard InChI is InChI=1S/C28H36F2N3O2/c1-19(2)27(31)32-28(34)33-15-12-22(13-16-33)20(3)14-17-35-25-9-5-21(6-10-25)4-7-23-18-24(29)8-11-26(23)30/h5-6,8-11,18-20,22H,4,7,12-17H2,1-3H3,(H-,31,32,34)/q-1/t20-/m1/s1. The summed E-state index contributed by atoms with van der Waals surface area (Å²) in [5.74, 6) is 0.931. The van der Waals surface area contributed by atoms with Gasteiger partial charge in [-0.3, -0.25) is 4.79 Å². The zero-order chi connectivity index (χ0) is 25.4. The average Bonchev–Trinajstić information content (AvgIpc) is 2.85. The van der Waals surface area contributed by atoms with E-state index >= 15 is 0 Å². The number of carbonyl (C=O) groups is 1. The summed E-state index contributed by atoms with van der Waals surface area (Å²) < 4.78 is 33.0. The van der Waals surface area contributed by atoms with Gasteiger partial charge in [-0.15, -0.1) is 0 Å². The summed E-state index contributed by atoms with van der Waals surface area (Å²) in [6.45, 7) is 7.89. The Labute approximate surface area is 207 Å². The number of benzene rings is 2. The first kappa shape index (κ1) is 26.6. The van der Waals surface area contributed by atoms with Gasteiger partial charge in [0.05, 0.1) is 6.61 Å². The first-order valence-electron chi connectivity index (χ1n) is 12.5. The number of hydrogen-bond acceptors (Lipinski definition) is 2. The molecule has 0 saturated carbocycles. The largest absolute Gasteiger partial charge is 0.494 e. The highest BCUT2D eigenvalue weighted by atomic mass is 19.1. The number of likely N-dealkylation sites (tertiary alicyclic amines) is 1. The SMILES string of the molecule is CC(C)C(=[N-])NC(=O)N1CCC([C@H](C)CCOc2ccc(CCc3cc(F)ccc3F)cc2)CC1. The van der Waals surface area contributed by atoms with Crippen LogP contribution in [-0.2, 0) is 12.8 Å². The molecule has 35 heavy (non-hydrogen) atoms. The second-order valence-electron chi connectivity index (χ2n) is 9.79. The second-order valence-corrected chi connectivity index (χ2v) is 9.79. The molecule has 2 aromatic carbocycles. The van der Waals surface area contributed by atoms with Crippen LogP contribution in [0, 0.1) is 29.4 Å². The molecule has 1 atom stereocenters. The summed E-state index contributed by atoms with van der Waals surface area (Å²) in [5.41, 5.74) is 1.43. The van der Waals surface area contributed by atoms with Gasteiger partial charge in [0.1, 0.15) is 17.4 Å². The Bertz CT molecular complexity index is 986. The molecule has 1 aliphatic rings. The Hall–Kier alpha value is -2.96. The van der Waals surface area contributed by atoms with Crippen molar-refractivity contribution in [3.8, 4) is 5.75 Å². The Morgan fingerprint density at radius 2 is 1.77 bits per heavy atom. The number of urea groups is 1. The minimum Gasteiger partial charge on any atom is -0.494 e. The van der Waals surface area contributed by atoms with Gasteiger partial charge < -0.3 is 20.4 Å². The van der Waals surface area contributed by atoms with Gasteiger partial charge in [0.15, 0.2) is 0 Å². The van der Waals surface area contributed by atoms with Crippen molar-refractivity contribution in [1.29, 1.82) is 0 Å². The second kappa shape index (κ2) is 12.7. The topological polar surface area (TPSA) is 63.9 Å². The predicted octanol–water partition coefficient (Wildman–Crippen LogP) is 6.20. The van der Waals surface area contributed by atoms with Crippen LogP contribution in [0.3, 0.4) is 0 Å². The normalized spacial score (nSPS) is 15.2. The van der Waals surface area contributed by atoms with Crippen molar-refractivity contribution in [1.82, 2.24) is 10.2 Å². The number of amides is 2. The quantitative estimate of drug-likeness (QED) is 0.340. The van der Waals surface area contributed by atoms with Crippen LogP contribution in [0.15, 0.2) is 42.5 Å². The lowest BCUT2D eigenvalue weighted by Crippen LogP contribution is -2.47. The fraction of sp³-hybridized carbons (Fsp3) is 0.500. The first-order valence-corrected chi connectivity index (χ1v) is 12.5. The van der Waals surface area contributed by atoms with Crippen molar-refractivity contribution < 1.29 is 18.3 Å². The number of aryl methyl sites for hydroxylation is 2. The lowest BCUT2D eigenvalue weighted by atomic mass is 9.84. The summed E-state index contributed by atoms with van der Waals surface area (Å²) in [6.07, 6.45) is 3.89. The fourth-order valence-electron chi connectivity index (χ4n) is 4.37. The zero-order valence-corrected chi connectivity index (χ0v) is 20.9. The number of amidine groups is 1. The number of rotatable bonds is 9. The van der Waals surface area contributed by atoms with E-state index < -0.39 is 5.82 Å². The van der Waals surface area contributed by atoms with Crippen molar-refractivity contribution in [3.05, 3.63) is 70.6 Å². The monoisotopic (exact) mass is 484 g/mol. The molecule has 1 aliphatic heterocycles. The molecule has 7 heteroatoms. The van der Waals surface area contributed by atoms with Crippen LogP contribution in [0.5, 0.6) is 5.75 Å². The highest BCUT2D eigenvalue weighted by Crippen LogP contribution is 2.27. The molecular formula is C28H36F2N3O2-. The molecule has 1 saturated heterocycles. The van der Waals surface area contributed by atoms with Crippen molar-refractivity contribution in [2.45, 2.75) is 52.9 Å². The first-order chi connectivity index (χ1) is 16.7. The lowest BCUT2D eigenvalue weighted by molar-refractivity contribution is 0.146. The molecule has 2 amide bonds. The van der Waals surface area contributed by atoms with E-state index in [9.17, 15) is 19.0 Å². The van der Waals surface area contributed by atoms with Crippen LogP contribution in [0.2, 0.25) is 0 Å². The number of nitrogens with zero attached hydrogens (tertiary/aromatic N) is 2. The zero-order valence-electron chi connectivity index (χ0n) is 20.9. The van der Waals surface area contributed by atoms with E-state index in [1.54, 1.807) is 4.90 Å². The molecule has 5 nitrogen and oxygen atoms in total. The number of nitrogens with one attached hydrogen (secondary N) is 1.